The van der Waals surface area contributed by atoms with Crippen LogP contribution in [0.1, 0.15) is 45.3 Å². The number of benzene rings is 1. The summed E-state index contributed by atoms with van der Waals surface area (Å²) in [5.74, 6) is 0.0594. The number of hydrogen-bond acceptors (Lipinski definition) is 5. The number of imidazole rings is 1. The second-order valence-electron chi connectivity index (χ2n) is 8.36. The summed E-state index contributed by atoms with van der Waals surface area (Å²) in [6.45, 7) is 5.43. The van der Waals surface area contributed by atoms with Gasteiger partial charge in [0.05, 0.1) is 27.7 Å². The minimum atomic E-state index is -2.71. The summed E-state index contributed by atoms with van der Waals surface area (Å²) in [5.41, 5.74) is 1.72. The van der Waals surface area contributed by atoms with Crippen LogP contribution in [0.5, 0.6) is 0 Å². The van der Waals surface area contributed by atoms with Gasteiger partial charge in [-0.15, -0.1) is 0 Å². The van der Waals surface area contributed by atoms with Gasteiger partial charge in [-0.2, -0.15) is 9.62 Å². The van der Waals surface area contributed by atoms with Gasteiger partial charge in [0.2, 0.25) is 0 Å². The molecule has 0 radical (unpaired) electrons. The van der Waals surface area contributed by atoms with Crippen LogP contribution in [0.4, 0.5) is 0 Å². The zero-order valence-electron chi connectivity index (χ0n) is 17.7. The molecule has 8 nitrogen and oxygen atoms in total. The topological polar surface area (TPSA) is 108 Å². The van der Waals surface area contributed by atoms with Crippen LogP contribution in [-0.4, -0.2) is 55.1 Å². The standard InChI is InChI=1S/C22H25N5O3S/c1-3-26-11-20(24-14-26)22(29)27-9-16-7-17(10-27)13-31(30,12-16)25-21(28)19-6-4-5-18(8-23)15(19)2/h4-6,11,14,16-17H,3,7,9-10,12-13H2,1-2H3. The molecule has 2 amide bonds. The average Bonchev–Trinajstić information content (AvgIpc) is 3.21. The fraction of sp³-hybridized carbons (Fsp3) is 0.455. The van der Waals surface area contributed by atoms with E-state index in [1.54, 1.807) is 42.5 Å². The van der Waals surface area contributed by atoms with Crippen molar-refractivity contribution >= 4 is 21.5 Å². The molecule has 2 bridgehead atoms. The average molecular weight is 440 g/mol. The lowest BCUT2D eigenvalue weighted by molar-refractivity contribution is 0.0612. The van der Waals surface area contributed by atoms with Crippen LogP contribution >= 0.6 is 0 Å². The van der Waals surface area contributed by atoms with Crippen molar-refractivity contribution in [2.24, 2.45) is 16.2 Å². The number of rotatable bonds is 3. The van der Waals surface area contributed by atoms with E-state index in [-0.39, 0.29) is 17.7 Å². The van der Waals surface area contributed by atoms with Gasteiger partial charge >= 0.3 is 0 Å². The highest BCUT2D eigenvalue weighted by Crippen LogP contribution is 2.32. The van der Waals surface area contributed by atoms with Gasteiger partial charge in [0, 0.05) is 42.9 Å². The second-order valence-corrected chi connectivity index (χ2v) is 10.8. The van der Waals surface area contributed by atoms with E-state index >= 15 is 0 Å². The number of hydrogen-bond donors (Lipinski definition) is 0. The second kappa shape index (κ2) is 8.27. The molecule has 2 aliphatic rings. The number of nitriles is 1. The lowest BCUT2D eigenvalue weighted by Crippen LogP contribution is -2.51. The van der Waals surface area contributed by atoms with Crippen LogP contribution in [0.15, 0.2) is 35.1 Å². The number of aromatic nitrogens is 2. The maximum absolute atomic E-state index is 13.5. The molecule has 4 rings (SSSR count). The summed E-state index contributed by atoms with van der Waals surface area (Å²) in [5, 5.41) is 9.19. The number of aryl methyl sites for hydroxylation is 1. The molecule has 0 saturated carbocycles. The van der Waals surface area contributed by atoms with Gasteiger partial charge < -0.3 is 9.47 Å². The van der Waals surface area contributed by atoms with Crippen molar-refractivity contribution in [1.82, 2.24) is 14.5 Å². The van der Waals surface area contributed by atoms with E-state index < -0.39 is 15.6 Å². The Labute approximate surface area is 182 Å². The van der Waals surface area contributed by atoms with Gasteiger partial charge in [0.15, 0.2) is 0 Å². The zero-order chi connectivity index (χ0) is 22.2. The van der Waals surface area contributed by atoms with E-state index in [2.05, 4.69) is 15.4 Å². The first-order valence-corrected chi connectivity index (χ1v) is 12.2. The fourth-order valence-corrected chi connectivity index (χ4v) is 7.24. The van der Waals surface area contributed by atoms with Gasteiger partial charge in [-0.1, -0.05) is 6.07 Å². The maximum Gasteiger partial charge on any atom is 0.285 e. The number of amides is 2. The zero-order valence-corrected chi connectivity index (χ0v) is 18.5. The third-order valence-corrected chi connectivity index (χ3v) is 8.54. The number of carbonyl (C=O) groups is 2. The Morgan fingerprint density at radius 1 is 1.29 bits per heavy atom. The molecule has 0 N–H and O–H groups in total. The fourth-order valence-electron chi connectivity index (χ4n) is 4.60. The Bertz CT molecular complexity index is 1180. The lowest BCUT2D eigenvalue weighted by Gasteiger charge is -2.41. The predicted molar refractivity (Wildman–Crippen MR) is 116 cm³/mol. The largest absolute Gasteiger partial charge is 0.337 e. The SMILES string of the molecule is CCn1cnc(C(=O)N2CC3CC(C2)CS(=O)(=NC(=O)c2cccc(C#N)c2C)C3)c1. The van der Waals surface area contributed by atoms with Crippen LogP contribution in [0, 0.1) is 30.1 Å². The molecule has 0 spiro atoms. The molecule has 0 aliphatic carbocycles. The summed E-state index contributed by atoms with van der Waals surface area (Å²) in [7, 11) is -2.71. The van der Waals surface area contributed by atoms with E-state index in [1.807, 2.05) is 11.5 Å². The molecule has 2 aromatic rings. The molecule has 2 atom stereocenters. The first kappa shape index (κ1) is 21.2. The molecule has 2 aliphatic heterocycles. The van der Waals surface area contributed by atoms with Gasteiger partial charge in [0.1, 0.15) is 5.69 Å². The van der Waals surface area contributed by atoms with E-state index in [1.165, 1.54) is 0 Å². The van der Waals surface area contributed by atoms with Crippen LogP contribution in [0.25, 0.3) is 0 Å². The summed E-state index contributed by atoms with van der Waals surface area (Å²) >= 11 is 0. The number of carbonyl (C=O) groups excluding carboxylic acids is 2. The van der Waals surface area contributed by atoms with Crippen molar-refractivity contribution in [3.05, 3.63) is 53.1 Å². The Hall–Kier alpha value is -2.99. The van der Waals surface area contributed by atoms with Gasteiger partial charge in [-0.25, -0.2) is 9.19 Å². The smallest absolute Gasteiger partial charge is 0.285 e. The van der Waals surface area contributed by atoms with Crippen molar-refractivity contribution in [1.29, 1.82) is 5.26 Å². The molecule has 2 unspecified atom stereocenters. The van der Waals surface area contributed by atoms with Crippen molar-refractivity contribution < 1.29 is 13.8 Å². The minimum Gasteiger partial charge on any atom is -0.337 e. The molecule has 2 saturated heterocycles. The van der Waals surface area contributed by atoms with Crippen molar-refractivity contribution in [3.63, 3.8) is 0 Å². The van der Waals surface area contributed by atoms with Crippen molar-refractivity contribution in [2.75, 3.05) is 24.6 Å². The minimum absolute atomic E-state index is 0.0419. The molecule has 9 heteroatoms. The third-order valence-electron chi connectivity index (χ3n) is 6.05. The first-order chi connectivity index (χ1) is 14.8. The molecule has 1 aromatic heterocycles. The molecule has 3 heterocycles. The number of fused-ring (bicyclic) bond motifs is 2. The van der Waals surface area contributed by atoms with Gasteiger partial charge in [-0.05, 0) is 49.8 Å². The summed E-state index contributed by atoms with van der Waals surface area (Å²) in [6, 6.07) is 6.96. The number of piperidine rings is 1. The maximum atomic E-state index is 13.5. The molecule has 31 heavy (non-hydrogen) atoms. The Kier molecular flexibility index (Phi) is 5.67. The summed E-state index contributed by atoms with van der Waals surface area (Å²) < 4.78 is 19.5. The van der Waals surface area contributed by atoms with E-state index in [9.17, 15) is 19.1 Å². The third kappa shape index (κ3) is 4.26. The Morgan fingerprint density at radius 2 is 2.00 bits per heavy atom. The highest BCUT2D eigenvalue weighted by Gasteiger charge is 2.39. The monoisotopic (exact) mass is 439 g/mol. The lowest BCUT2D eigenvalue weighted by atomic mass is 9.91. The molecule has 2 fully saturated rings. The predicted octanol–water partition coefficient (Wildman–Crippen LogP) is 2.48. The number of likely N-dealkylation sites (tertiary alicyclic amines) is 1. The van der Waals surface area contributed by atoms with Crippen LogP contribution < -0.4 is 0 Å². The Balaban J connectivity index is 1.52. The van der Waals surface area contributed by atoms with Crippen LogP contribution in [-0.2, 0) is 16.3 Å². The van der Waals surface area contributed by atoms with Gasteiger partial charge in [0.25, 0.3) is 11.8 Å². The van der Waals surface area contributed by atoms with Crippen LogP contribution in [0.2, 0.25) is 0 Å². The molecular formula is C22H25N5O3S. The quantitative estimate of drug-likeness (QED) is 0.730. The highest BCUT2D eigenvalue weighted by molar-refractivity contribution is 7.94. The molecule has 162 valence electrons. The first-order valence-electron chi connectivity index (χ1n) is 10.4. The summed E-state index contributed by atoms with van der Waals surface area (Å²) in [4.78, 5) is 31.6. The van der Waals surface area contributed by atoms with Crippen LogP contribution in [0.3, 0.4) is 0 Å². The highest BCUT2D eigenvalue weighted by atomic mass is 32.2. The van der Waals surface area contributed by atoms with Crippen molar-refractivity contribution in [3.8, 4) is 6.07 Å². The van der Waals surface area contributed by atoms with E-state index in [0.29, 0.717) is 47.0 Å². The van der Waals surface area contributed by atoms with E-state index in [4.69, 9.17) is 0 Å². The summed E-state index contributed by atoms with van der Waals surface area (Å²) in [6.07, 6.45) is 4.29. The van der Waals surface area contributed by atoms with Crippen molar-refractivity contribution in [2.45, 2.75) is 26.8 Å². The van der Waals surface area contributed by atoms with Gasteiger partial charge in [-0.3, -0.25) is 9.59 Å². The Morgan fingerprint density at radius 3 is 2.61 bits per heavy atom. The molecule has 1 aromatic carbocycles. The number of nitrogens with zero attached hydrogens (tertiary/aromatic N) is 5. The molecular weight excluding hydrogens is 414 g/mol. The van der Waals surface area contributed by atoms with E-state index in [0.717, 1.165) is 13.0 Å². The normalized spacial score (nSPS) is 25.0.